The fraction of sp³-hybridized carbons (Fsp3) is 0.600. The first-order valence-electron chi connectivity index (χ1n) is 9.43. The van der Waals surface area contributed by atoms with Gasteiger partial charge < -0.3 is 14.4 Å². The van der Waals surface area contributed by atoms with E-state index >= 15 is 0 Å². The maximum atomic E-state index is 13.1. The van der Waals surface area contributed by atoms with E-state index in [0.717, 1.165) is 10.5 Å². The summed E-state index contributed by atoms with van der Waals surface area (Å²) in [4.78, 5) is 27.4. The first kappa shape index (κ1) is 23.0. The van der Waals surface area contributed by atoms with Gasteiger partial charge in [-0.1, -0.05) is 30.3 Å². The molecule has 6 nitrogen and oxygen atoms in total. The summed E-state index contributed by atoms with van der Waals surface area (Å²) in [5.41, 5.74) is 0.00486. The van der Waals surface area contributed by atoms with Gasteiger partial charge in [-0.15, -0.1) is 0 Å². The molecule has 162 valence electrons. The van der Waals surface area contributed by atoms with Gasteiger partial charge in [0.25, 0.3) is 0 Å². The van der Waals surface area contributed by atoms with Gasteiger partial charge in [0.1, 0.15) is 18.4 Å². The molecule has 1 unspecified atom stereocenters. The minimum atomic E-state index is -4.61. The van der Waals surface area contributed by atoms with Gasteiger partial charge in [-0.25, -0.2) is 4.79 Å². The first-order chi connectivity index (χ1) is 13.5. The van der Waals surface area contributed by atoms with E-state index in [9.17, 15) is 22.8 Å². The van der Waals surface area contributed by atoms with Crippen LogP contribution in [0.2, 0.25) is 0 Å². The Kier molecular flexibility index (Phi) is 7.51. The Morgan fingerprint density at radius 3 is 2.38 bits per heavy atom. The number of benzene rings is 1. The summed E-state index contributed by atoms with van der Waals surface area (Å²) in [5, 5.41) is 0. The van der Waals surface area contributed by atoms with Gasteiger partial charge in [-0.3, -0.25) is 9.69 Å². The Labute approximate surface area is 168 Å². The lowest BCUT2D eigenvalue weighted by Gasteiger charge is -2.32. The number of amides is 2. The molecule has 1 aliphatic rings. The quantitative estimate of drug-likeness (QED) is 0.729. The van der Waals surface area contributed by atoms with E-state index in [1.54, 1.807) is 20.8 Å². The second-order valence-corrected chi connectivity index (χ2v) is 7.93. The molecule has 1 aromatic rings. The molecule has 0 radical (unpaired) electrons. The van der Waals surface area contributed by atoms with Crippen molar-refractivity contribution in [2.24, 2.45) is 0 Å². The van der Waals surface area contributed by atoms with Crippen LogP contribution in [-0.2, 0) is 20.9 Å². The van der Waals surface area contributed by atoms with Crippen molar-refractivity contribution in [3.8, 4) is 0 Å². The van der Waals surface area contributed by atoms with Crippen molar-refractivity contribution >= 4 is 12.0 Å². The monoisotopic (exact) mass is 416 g/mol. The summed E-state index contributed by atoms with van der Waals surface area (Å²) in [6.07, 6.45) is -6.64. The zero-order valence-electron chi connectivity index (χ0n) is 16.9. The van der Waals surface area contributed by atoms with Crippen LogP contribution in [0.5, 0.6) is 0 Å². The molecule has 0 spiro atoms. The summed E-state index contributed by atoms with van der Waals surface area (Å²) in [6.45, 7) is 5.12. The van der Waals surface area contributed by atoms with Crippen molar-refractivity contribution in [2.45, 2.75) is 58.0 Å². The molecule has 0 saturated carbocycles. The molecule has 1 heterocycles. The van der Waals surface area contributed by atoms with Crippen LogP contribution in [0.25, 0.3) is 0 Å². The Bertz CT molecular complexity index is 689. The molecule has 0 bridgehead atoms. The van der Waals surface area contributed by atoms with Gasteiger partial charge in [0.05, 0.1) is 13.0 Å². The number of rotatable bonds is 5. The predicted molar refractivity (Wildman–Crippen MR) is 99.8 cm³/mol. The van der Waals surface area contributed by atoms with Crippen LogP contribution >= 0.6 is 0 Å². The van der Waals surface area contributed by atoms with E-state index in [0.29, 0.717) is 6.42 Å². The lowest BCUT2D eigenvalue weighted by Crippen LogP contribution is -2.51. The number of hydrogen-bond acceptors (Lipinski definition) is 4. The minimum absolute atomic E-state index is 0.00339. The highest BCUT2D eigenvalue weighted by atomic mass is 19.4. The number of carbonyl (C=O) groups excluding carboxylic acids is 2. The van der Waals surface area contributed by atoms with E-state index in [1.807, 2.05) is 30.3 Å². The number of hydrogen-bond donors (Lipinski definition) is 0. The van der Waals surface area contributed by atoms with Gasteiger partial charge in [0, 0.05) is 13.1 Å². The standard InChI is InChI=1S/C20H27F3N2O4/c1-19(2,3)29-18(27)25-11-7-10-24(17(26)16(25)12-20(21,22)23)14-28-13-15-8-5-4-6-9-15/h4-6,8-9,16H,7,10-14H2,1-3H3. The lowest BCUT2D eigenvalue weighted by molar-refractivity contribution is -0.162. The average Bonchev–Trinajstić information content (AvgIpc) is 2.74. The van der Waals surface area contributed by atoms with Crippen molar-refractivity contribution in [2.75, 3.05) is 19.8 Å². The Morgan fingerprint density at radius 2 is 1.79 bits per heavy atom. The fourth-order valence-electron chi connectivity index (χ4n) is 2.97. The maximum absolute atomic E-state index is 13.1. The molecule has 2 amide bonds. The van der Waals surface area contributed by atoms with Gasteiger partial charge in [-0.05, 0) is 32.8 Å². The number of halogens is 3. The molecule has 1 fully saturated rings. The highest BCUT2D eigenvalue weighted by Crippen LogP contribution is 2.28. The van der Waals surface area contributed by atoms with Crippen LogP contribution in [0.15, 0.2) is 30.3 Å². The normalized spacial score (nSPS) is 18.6. The highest BCUT2D eigenvalue weighted by molar-refractivity contribution is 5.86. The fourth-order valence-corrected chi connectivity index (χ4v) is 2.97. The summed E-state index contributed by atoms with van der Waals surface area (Å²) in [6, 6.07) is 7.56. The van der Waals surface area contributed by atoms with E-state index in [4.69, 9.17) is 9.47 Å². The Balaban J connectivity index is 2.10. The summed E-state index contributed by atoms with van der Waals surface area (Å²) in [5.74, 6) is -0.793. The molecule has 1 atom stereocenters. The van der Waals surface area contributed by atoms with Crippen molar-refractivity contribution in [1.82, 2.24) is 9.80 Å². The zero-order valence-corrected chi connectivity index (χ0v) is 16.9. The molecular weight excluding hydrogens is 389 g/mol. The Hall–Kier alpha value is -2.29. The molecular formula is C20H27F3N2O4. The van der Waals surface area contributed by atoms with Crippen LogP contribution in [0.3, 0.4) is 0 Å². The minimum Gasteiger partial charge on any atom is -0.444 e. The van der Waals surface area contributed by atoms with Gasteiger partial charge in [-0.2, -0.15) is 13.2 Å². The number of carbonyl (C=O) groups is 2. The molecule has 2 rings (SSSR count). The molecule has 0 aliphatic carbocycles. The van der Waals surface area contributed by atoms with Crippen molar-refractivity contribution in [3.63, 3.8) is 0 Å². The van der Waals surface area contributed by atoms with E-state index in [2.05, 4.69) is 0 Å². The van der Waals surface area contributed by atoms with E-state index in [1.165, 1.54) is 4.90 Å². The van der Waals surface area contributed by atoms with Crippen LogP contribution in [0.1, 0.15) is 39.2 Å². The average molecular weight is 416 g/mol. The smallest absolute Gasteiger partial charge is 0.410 e. The highest BCUT2D eigenvalue weighted by Gasteiger charge is 2.44. The predicted octanol–water partition coefficient (Wildman–Crippen LogP) is 3.95. The molecule has 0 N–H and O–H groups in total. The second kappa shape index (κ2) is 9.47. The van der Waals surface area contributed by atoms with E-state index < -0.39 is 36.2 Å². The van der Waals surface area contributed by atoms with E-state index in [-0.39, 0.29) is 26.4 Å². The third kappa shape index (κ3) is 7.56. The number of ether oxygens (including phenoxy) is 2. The molecule has 1 aromatic carbocycles. The Morgan fingerprint density at radius 1 is 1.14 bits per heavy atom. The molecule has 0 aromatic heterocycles. The van der Waals surface area contributed by atoms with Crippen LogP contribution in [0.4, 0.5) is 18.0 Å². The topological polar surface area (TPSA) is 59.1 Å². The van der Waals surface area contributed by atoms with Crippen LogP contribution in [-0.4, -0.2) is 59.4 Å². The lowest BCUT2D eigenvalue weighted by atomic mass is 10.1. The van der Waals surface area contributed by atoms with Gasteiger partial charge in [0.15, 0.2) is 0 Å². The maximum Gasteiger partial charge on any atom is 0.410 e. The van der Waals surface area contributed by atoms with Gasteiger partial charge >= 0.3 is 12.3 Å². The molecule has 9 heteroatoms. The third-order valence-electron chi connectivity index (χ3n) is 4.21. The van der Waals surface area contributed by atoms with Crippen molar-refractivity contribution in [3.05, 3.63) is 35.9 Å². The molecule has 1 saturated heterocycles. The van der Waals surface area contributed by atoms with Crippen molar-refractivity contribution < 1.29 is 32.2 Å². The second-order valence-electron chi connectivity index (χ2n) is 7.93. The number of nitrogens with zero attached hydrogens (tertiary/aromatic N) is 2. The summed E-state index contributed by atoms with van der Waals surface area (Å²) >= 11 is 0. The van der Waals surface area contributed by atoms with Crippen molar-refractivity contribution in [1.29, 1.82) is 0 Å². The largest absolute Gasteiger partial charge is 0.444 e. The number of alkyl halides is 3. The first-order valence-corrected chi connectivity index (χ1v) is 9.43. The zero-order chi connectivity index (χ0) is 21.7. The summed E-state index contributed by atoms with van der Waals surface area (Å²) < 4.78 is 50.2. The molecule has 1 aliphatic heterocycles. The van der Waals surface area contributed by atoms with Crippen LogP contribution < -0.4 is 0 Å². The van der Waals surface area contributed by atoms with Gasteiger partial charge in [0.2, 0.25) is 5.91 Å². The van der Waals surface area contributed by atoms with Crippen LogP contribution in [0, 0.1) is 0 Å². The molecule has 29 heavy (non-hydrogen) atoms. The third-order valence-corrected chi connectivity index (χ3v) is 4.21. The SMILES string of the molecule is CC(C)(C)OC(=O)N1CCCN(COCc2ccccc2)C(=O)C1CC(F)(F)F. The summed E-state index contributed by atoms with van der Waals surface area (Å²) in [7, 11) is 0.